The second-order valence-electron chi connectivity index (χ2n) is 11.7. The molecule has 182 valence electrons. The molecular formula is C33H30F2O. The molecular weight excluding hydrogens is 450 g/mol. The lowest BCUT2D eigenvalue weighted by molar-refractivity contribution is 0.104. The van der Waals surface area contributed by atoms with E-state index in [0.29, 0.717) is 11.1 Å². The Bertz CT molecular complexity index is 1380. The molecule has 3 heteroatoms. The number of carbonyl (C=O) groups is 1. The Kier molecular flexibility index (Phi) is 5.51. The molecule has 1 nitrogen and oxygen atoms in total. The van der Waals surface area contributed by atoms with Crippen molar-refractivity contribution in [1.82, 2.24) is 0 Å². The predicted octanol–water partition coefficient (Wildman–Crippen LogP) is 9.11. The van der Waals surface area contributed by atoms with Crippen LogP contribution in [0.2, 0.25) is 0 Å². The summed E-state index contributed by atoms with van der Waals surface area (Å²) in [5, 5.41) is 0. The van der Waals surface area contributed by atoms with Crippen molar-refractivity contribution in [2.45, 2.75) is 52.4 Å². The number of rotatable bonds is 2. The summed E-state index contributed by atoms with van der Waals surface area (Å²) in [6.45, 7) is 12.9. The van der Waals surface area contributed by atoms with E-state index in [2.05, 4.69) is 53.7 Å². The summed E-state index contributed by atoms with van der Waals surface area (Å²) in [6, 6.07) is 21.1. The minimum Gasteiger partial charge on any atom is -0.289 e. The normalized spacial score (nSPS) is 13.1. The highest BCUT2D eigenvalue weighted by atomic mass is 19.1. The number of benzene rings is 4. The van der Waals surface area contributed by atoms with Crippen LogP contribution in [0.25, 0.3) is 33.4 Å². The molecule has 36 heavy (non-hydrogen) atoms. The van der Waals surface area contributed by atoms with Crippen molar-refractivity contribution >= 4 is 5.78 Å². The van der Waals surface area contributed by atoms with Crippen LogP contribution in [-0.4, -0.2) is 5.78 Å². The number of ketones is 1. The van der Waals surface area contributed by atoms with Crippen LogP contribution in [0, 0.1) is 11.6 Å². The van der Waals surface area contributed by atoms with Crippen LogP contribution in [0.5, 0.6) is 0 Å². The fourth-order valence-corrected chi connectivity index (χ4v) is 5.14. The van der Waals surface area contributed by atoms with Gasteiger partial charge in [-0.15, -0.1) is 0 Å². The Labute approximate surface area is 211 Å². The quantitative estimate of drug-likeness (QED) is 0.246. The van der Waals surface area contributed by atoms with Gasteiger partial charge in [-0.05, 0) is 104 Å². The van der Waals surface area contributed by atoms with Crippen LogP contribution in [0.1, 0.15) is 68.6 Å². The Morgan fingerprint density at radius 2 is 0.806 bits per heavy atom. The largest absolute Gasteiger partial charge is 0.289 e. The van der Waals surface area contributed by atoms with Crippen LogP contribution in [0.15, 0.2) is 72.8 Å². The van der Waals surface area contributed by atoms with E-state index in [1.807, 2.05) is 12.1 Å². The maximum Gasteiger partial charge on any atom is 0.194 e. The van der Waals surface area contributed by atoms with Crippen molar-refractivity contribution in [2.75, 3.05) is 0 Å². The summed E-state index contributed by atoms with van der Waals surface area (Å²) >= 11 is 0. The van der Waals surface area contributed by atoms with E-state index in [0.717, 1.165) is 44.5 Å². The zero-order valence-corrected chi connectivity index (χ0v) is 21.6. The fourth-order valence-electron chi connectivity index (χ4n) is 5.14. The summed E-state index contributed by atoms with van der Waals surface area (Å²) < 4.78 is 27.3. The van der Waals surface area contributed by atoms with Gasteiger partial charge >= 0.3 is 0 Å². The average Bonchev–Trinajstić information content (AvgIpc) is 3.08. The van der Waals surface area contributed by atoms with E-state index >= 15 is 0 Å². The van der Waals surface area contributed by atoms with Gasteiger partial charge in [0.15, 0.2) is 5.78 Å². The van der Waals surface area contributed by atoms with Gasteiger partial charge in [0.05, 0.1) is 0 Å². The lowest BCUT2D eigenvalue weighted by atomic mass is 9.78. The molecule has 0 spiro atoms. The zero-order chi connectivity index (χ0) is 26.0. The van der Waals surface area contributed by atoms with Gasteiger partial charge < -0.3 is 0 Å². The van der Waals surface area contributed by atoms with E-state index in [1.54, 1.807) is 24.3 Å². The Hall–Kier alpha value is -3.59. The molecule has 0 fully saturated rings. The summed E-state index contributed by atoms with van der Waals surface area (Å²) in [6.07, 6.45) is 0. The number of hydrogen-bond donors (Lipinski definition) is 0. The average molecular weight is 481 g/mol. The van der Waals surface area contributed by atoms with E-state index < -0.39 is 0 Å². The minimum absolute atomic E-state index is 0.0207. The Morgan fingerprint density at radius 1 is 0.472 bits per heavy atom. The van der Waals surface area contributed by atoms with Gasteiger partial charge in [0.25, 0.3) is 0 Å². The standard InChI is InChI=1S/C33H30F2O/c1-32(2,3)29-17-25-26-18-30(33(4,5)6)24(20-9-13-22(35)14-10-20)16-28(26)31(36)27(25)15-23(29)19-7-11-21(34)12-8-19/h7-18H,1-6H3. The molecule has 5 rings (SSSR count). The van der Waals surface area contributed by atoms with E-state index in [1.165, 1.54) is 24.3 Å². The molecule has 0 aliphatic heterocycles. The lowest BCUT2D eigenvalue weighted by Crippen LogP contribution is -2.14. The van der Waals surface area contributed by atoms with Gasteiger partial charge in [-0.2, -0.15) is 0 Å². The molecule has 1 aliphatic carbocycles. The summed E-state index contributed by atoms with van der Waals surface area (Å²) in [5.74, 6) is -0.597. The number of hydrogen-bond acceptors (Lipinski definition) is 1. The van der Waals surface area contributed by atoms with Gasteiger partial charge in [0, 0.05) is 11.1 Å². The Morgan fingerprint density at radius 3 is 1.11 bits per heavy atom. The first-order valence-corrected chi connectivity index (χ1v) is 12.3. The van der Waals surface area contributed by atoms with Crippen molar-refractivity contribution in [3.63, 3.8) is 0 Å². The van der Waals surface area contributed by atoms with Gasteiger partial charge in [0.1, 0.15) is 11.6 Å². The van der Waals surface area contributed by atoms with Crippen molar-refractivity contribution in [3.8, 4) is 33.4 Å². The molecule has 0 amide bonds. The molecule has 0 bridgehead atoms. The van der Waals surface area contributed by atoms with Crippen molar-refractivity contribution < 1.29 is 13.6 Å². The van der Waals surface area contributed by atoms with Crippen molar-refractivity contribution in [3.05, 3.63) is 107 Å². The lowest BCUT2D eigenvalue weighted by Gasteiger charge is -2.26. The third kappa shape index (κ3) is 4.07. The van der Waals surface area contributed by atoms with E-state index in [9.17, 15) is 13.6 Å². The van der Waals surface area contributed by atoms with Crippen LogP contribution in [0.4, 0.5) is 8.78 Å². The second-order valence-corrected chi connectivity index (χ2v) is 11.7. The highest BCUT2D eigenvalue weighted by molar-refractivity contribution is 6.23. The molecule has 0 saturated carbocycles. The first kappa shape index (κ1) is 24.1. The number of halogens is 2. The van der Waals surface area contributed by atoms with Gasteiger partial charge in [-0.25, -0.2) is 8.78 Å². The van der Waals surface area contributed by atoms with Crippen LogP contribution < -0.4 is 0 Å². The van der Waals surface area contributed by atoms with Crippen molar-refractivity contribution in [2.24, 2.45) is 0 Å². The number of fused-ring (bicyclic) bond motifs is 3. The monoisotopic (exact) mass is 480 g/mol. The van der Waals surface area contributed by atoms with Crippen LogP contribution >= 0.6 is 0 Å². The highest BCUT2D eigenvalue weighted by Crippen LogP contribution is 2.47. The maximum absolute atomic E-state index is 13.8. The molecule has 0 radical (unpaired) electrons. The maximum atomic E-state index is 13.8. The van der Waals surface area contributed by atoms with E-state index in [-0.39, 0.29) is 28.2 Å². The number of carbonyl (C=O) groups excluding carboxylic acids is 1. The third-order valence-corrected chi connectivity index (χ3v) is 7.02. The molecule has 0 unspecified atom stereocenters. The van der Waals surface area contributed by atoms with Crippen molar-refractivity contribution in [1.29, 1.82) is 0 Å². The first-order chi connectivity index (χ1) is 16.8. The predicted molar refractivity (Wildman–Crippen MR) is 143 cm³/mol. The molecule has 0 saturated heterocycles. The molecule has 4 aromatic carbocycles. The summed E-state index contributed by atoms with van der Waals surface area (Å²) in [7, 11) is 0. The highest BCUT2D eigenvalue weighted by Gasteiger charge is 2.33. The molecule has 0 N–H and O–H groups in total. The first-order valence-electron chi connectivity index (χ1n) is 12.3. The smallest absolute Gasteiger partial charge is 0.194 e. The van der Waals surface area contributed by atoms with Crippen LogP contribution in [-0.2, 0) is 10.8 Å². The Balaban J connectivity index is 1.77. The van der Waals surface area contributed by atoms with E-state index in [4.69, 9.17) is 0 Å². The fraction of sp³-hybridized carbons (Fsp3) is 0.242. The summed E-state index contributed by atoms with van der Waals surface area (Å²) in [4.78, 5) is 13.8. The van der Waals surface area contributed by atoms with Gasteiger partial charge in [-0.3, -0.25) is 4.79 Å². The third-order valence-electron chi connectivity index (χ3n) is 7.02. The molecule has 4 aromatic rings. The SMILES string of the molecule is CC(C)(C)c1cc2c(cc1-c1ccc(F)cc1)C(=O)c1cc(-c3ccc(F)cc3)c(C(C)(C)C)cc1-2. The molecule has 0 atom stereocenters. The molecule has 0 heterocycles. The molecule has 1 aliphatic rings. The van der Waals surface area contributed by atoms with Gasteiger partial charge in [-0.1, -0.05) is 65.8 Å². The minimum atomic E-state index is -0.288. The summed E-state index contributed by atoms with van der Waals surface area (Å²) in [5.41, 5.74) is 8.67. The van der Waals surface area contributed by atoms with Gasteiger partial charge in [0.2, 0.25) is 0 Å². The molecule has 0 aromatic heterocycles. The second kappa shape index (κ2) is 8.23. The van der Waals surface area contributed by atoms with Crippen LogP contribution in [0.3, 0.4) is 0 Å². The zero-order valence-electron chi connectivity index (χ0n) is 21.6. The topological polar surface area (TPSA) is 17.1 Å².